The van der Waals surface area contributed by atoms with E-state index in [-0.39, 0.29) is 11.3 Å². The van der Waals surface area contributed by atoms with Gasteiger partial charge < -0.3 is 20.3 Å². The second kappa shape index (κ2) is 10.1. The summed E-state index contributed by atoms with van der Waals surface area (Å²) in [5.41, 5.74) is 2.86. The van der Waals surface area contributed by atoms with Crippen LogP contribution in [0.15, 0.2) is 29.3 Å². The Morgan fingerprint density at radius 3 is 2.55 bits per heavy atom. The second-order valence-electron chi connectivity index (χ2n) is 8.42. The third-order valence-electron chi connectivity index (χ3n) is 6.63. The molecule has 0 saturated carbocycles. The number of nitrogens with zero attached hydrogens (tertiary/aromatic N) is 2. The van der Waals surface area contributed by atoms with Crippen molar-refractivity contribution in [1.29, 1.82) is 0 Å². The summed E-state index contributed by atoms with van der Waals surface area (Å²) in [6, 6.07) is 8.74. The molecule has 0 unspecified atom stereocenters. The van der Waals surface area contributed by atoms with Crippen LogP contribution in [0, 0.1) is 12.8 Å². The number of benzene rings is 1. The molecule has 0 radical (unpaired) electrons. The monoisotopic (exact) mass is 400 g/mol. The zero-order chi connectivity index (χ0) is 20.7. The molecule has 2 saturated heterocycles. The Hall–Kier alpha value is -2.08. The normalized spacial score (nSPS) is 20.4. The van der Waals surface area contributed by atoms with Gasteiger partial charge in [-0.15, -0.1) is 0 Å². The maximum absolute atomic E-state index is 11.7. The summed E-state index contributed by atoms with van der Waals surface area (Å²) in [6.07, 6.45) is 4.74. The SMILES string of the molecule is CN=C(NCC1(c2ccccc2C)CCOCC1)N1CCC(CC(=O)NC)CC1. The van der Waals surface area contributed by atoms with E-state index < -0.39 is 0 Å². The van der Waals surface area contributed by atoms with Crippen molar-refractivity contribution in [3.05, 3.63) is 35.4 Å². The number of likely N-dealkylation sites (tertiary alicyclic amines) is 1. The Labute approximate surface area is 175 Å². The van der Waals surface area contributed by atoms with Gasteiger partial charge in [0, 0.05) is 58.8 Å². The molecule has 160 valence electrons. The van der Waals surface area contributed by atoms with Gasteiger partial charge in [-0.1, -0.05) is 24.3 Å². The first-order valence-electron chi connectivity index (χ1n) is 10.9. The van der Waals surface area contributed by atoms with Gasteiger partial charge in [-0.25, -0.2) is 0 Å². The summed E-state index contributed by atoms with van der Waals surface area (Å²) in [6.45, 7) is 6.58. The molecule has 3 rings (SSSR count). The molecule has 1 aromatic carbocycles. The molecular weight excluding hydrogens is 364 g/mol. The van der Waals surface area contributed by atoms with Crippen LogP contribution < -0.4 is 10.6 Å². The average molecular weight is 401 g/mol. The van der Waals surface area contributed by atoms with E-state index in [0.29, 0.717) is 12.3 Å². The van der Waals surface area contributed by atoms with Gasteiger partial charge in [0.05, 0.1) is 0 Å². The van der Waals surface area contributed by atoms with Crippen molar-refractivity contribution in [2.75, 3.05) is 46.9 Å². The largest absolute Gasteiger partial charge is 0.381 e. The highest BCUT2D eigenvalue weighted by atomic mass is 16.5. The molecule has 2 aliphatic heterocycles. The van der Waals surface area contributed by atoms with Crippen LogP contribution in [0.25, 0.3) is 0 Å². The van der Waals surface area contributed by atoms with Crippen LogP contribution in [0.2, 0.25) is 0 Å². The Balaban J connectivity index is 1.63. The minimum Gasteiger partial charge on any atom is -0.381 e. The Morgan fingerprint density at radius 1 is 1.24 bits per heavy atom. The highest BCUT2D eigenvalue weighted by Gasteiger charge is 2.36. The lowest BCUT2D eigenvalue weighted by atomic mass is 9.72. The van der Waals surface area contributed by atoms with Gasteiger partial charge >= 0.3 is 0 Å². The number of ether oxygens (including phenoxy) is 1. The average Bonchev–Trinajstić information content (AvgIpc) is 2.76. The van der Waals surface area contributed by atoms with Crippen LogP contribution in [0.5, 0.6) is 0 Å². The molecule has 29 heavy (non-hydrogen) atoms. The third-order valence-corrected chi connectivity index (χ3v) is 6.63. The topological polar surface area (TPSA) is 66.0 Å². The molecule has 1 amide bonds. The van der Waals surface area contributed by atoms with Crippen molar-refractivity contribution in [3.8, 4) is 0 Å². The Morgan fingerprint density at radius 2 is 1.93 bits per heavy atom. The first-order chi connectivity index (χ1) is 14.1. The number of carbonyl (C=O) groups excluding carboxylic acids is 1. The molecule has 2 heterocycles. The van der Waals surface area contributed by atoms with Crippen molar-refractivity contribution >= 4 is 11.9 Å². The van der Waals surface area contributed by atoms with E-state index in [1.165, 1.54) is 11.1 Å². The van der Waals surface area contributed by atoms with Gasteiger partial charge in [0.25, 0.3) is 0 Å². The number of amides is 1. The number of guanidine groups is 1. The summed E-state index contributed by atoms with van der Waals surface area (Å²) in [5, 5.41) is 6.42. The first kappa shape index (κ1) is 21.6. The Kier molecular flexibility index (Phi) is 7.53. The lowest BCUT2D eigenvalue weighted by Crippen LogP contribution is -2.51. The highest BCUT2D eigenvalue weighted by Crippen LogP contribution is 2.36. The van der Waals surface area contributed by atoms with Crippen molar-refractivity contribution in [1.82, 2.24) is 15.5 Å². The minimum atomic E-state index is 0.0804. The predicted molar refractivity (Wildman–Crippen MR) is 117 cm³/mol. The van der Waals surface area contributed by atoms with E-state index in [1.54, 1.807) is 7.05 Å². The van der Waals surface area contributed by atoms with Crippen LogP contribution in [0.4, 0.5) is 0 Å². The van der Waals surface area contributed by atoms with Crippen molar-refractivity contribution in [3.63, 3.8) is 0 Å². The van der Waals surface area contributed by atoms with Crippen molar-refractivity contribution < 1.29 is 9.53 Å². The summed E-state index contributed by atoms with van der Waals surface area (Å²) in [5.74, 6) is 1.59. The fourth-order valence-corrected chi connectivity index (χ4v) is 4.77. The first-order valence-corrected chi connectivity index (χ1v) is 10.9. The van der Waals surface area contributed by atoms with E-state index >= 15 is 0 Å². The number of aliphatic imine (C=N–C) groups is 1. The van der Waals surface area contributed by atoms with Gasteiger partial charge in [-0.05, 0) is 49.7 Å². The van der Waals surface area contributed by atoms with Crippen LogP contribution in [0.1, 0.15) is 43.2 Å². The van der Waals surface area contributed by atoms with Crippen LogP contribution in [0.3, 0.4) is 0 Å². The van der Waals surface area contributed by atoms with Gasteiger partial charge in [0.1, 0.15) is 0 Å². The van der Waals surface area contributed by atoms with Crippen LogP contribution in [-0.4, -0.2) is 63.7 Å². The molecule has 2 aliphatic rings. The molecule has 0 bridgehead atoms. The van der Waals surface area contributed by atoms with E-state index in [4.69, 9.17) is 4.74 Å². The fourth-order valence-electron chi connectivity index (χ4n) is 4.77. The zero-order valence-corrected chi connectivity index (χ0v) is 18.2. The van der Waals surface area contributed by atoms with E-state index in [2.05, 4.69) is 51.7 Å². The summed E-state index contributed by atoms with van der Waals surface area (Å²) in [4.78, 5) is 18.6. The number of piperidine rings is 1. The molecule has 6 heteroatoms. The minimum absolute atomic E-state index is 0.0804. The molecule has 0 spiro atoms. The predicted octanol–water partition coefficient (Wildman–Crippen LogP) is 2.47. The highest BCUT2D eigenvalue weighted by molar-refractivity contribution is 5.80. The number of aryl methyl sites for hydroxylation is 1. The lowest BCUT2D eigenvalue weighted by molar-refractivity contribution is -0.121. The summed E-state index contributed by atoms with van der Waals surface area (Å²) >= 11 is 0. The number of rotatable bonds is 5. The van der Waals surface area contributed by atoms with E-state index in [1.807, 2.05) is 7.05 Å². The number of carbonyl (C=O) groups is 1. The van der Waals surface area contributed by atoms with Crippen LogP contribution >= 0.6 is 0 Å². The molecule has 1 aromatic rings. The zero-order valence-electron chi connectivity index (χ0n) is 18.2. The molecule has 6 nitrogen and oxygen atoms in total. The van der Waals surface area contributed by atoms with Crippen LogP contribution in [-0.2, 0) is 14.9 Å². The third kappa shape index (κ3) is 5.30. The van der Waals surface area contributed by atoms with Gasteiger partial charge in [-0.3, -0.25) is 9.79 Å². The molecule has 2 N–H and O–H groups in total. The maximum Gasteiger partial charge on any atom is 0.220 e. The number of hydrogen-bond acceptors (Lipinski definition) is 3. The summed E-state index contributed by atoms with van der Waals surface area (Å²) in [7, 11) is 3.58. The lowest BCUT2D eigenvalue weighted by Gasteiger charge is -2.41. The molecular formula is C23H36N4O2. The second-order valence-corrected chi connectivity index (χ2v) is 8.42. The summed E-state index contributed by atoms with van der Waals surface area (Å²) < 4.78 is 5.69. The fraction of sp³-hybridized carbons (Fsp3) is 0.652. The number of nitrogens with one attached hydrogen (secondary N) is 2. The van der Waals surface area contributed by atoms with Gasteiger partial charge in [-0.2, -0.15) is 0 Å². The number of hydrogen-bond donors (Lipinski definition) is 2. The van der Waals surface area contributed by atoms with Gasteiger partial charge in [0.2, 0.25) is 5.91 Å². The molecule has 2 fully saturated rings. The maximum atomic E-state index is 11.7. The standard InChI is InChI=1S/C23H36N4O2/c1-18-6-4-5-7-20(18)23(10-14-29-15-11-23)17-26-22(25-3)27-12-8-19(9-13-27)16-21(28)24-2/h4-7,19H,8-17H2,1-3H3,(H,24,28)(H,25,26). The van der Waals surface area contributed by atoms with E-state index in [0.717, 1.165) is 64.5 Å². The van der Waals surface area contributed by atoms with Crippen molar-refractivity contribution in [2.45, 2.75) is 44.4 Å². The molecule has 0 atom stereocenters. The quantitative estimate of drug-likeness (QED) is 0.589. The van der Waals surface area contributed by atoms with Crippen molar-refractivity contribution in [2.24, 2.45) is 10.9 Å². The molecule has 0 aliphatic carbocycles. The Bertz CT molecular complexity index is 705. The van der Waals surface area contributed by atoms with E-state index in [9.17, 15) is 4.79 Å². The van der Waals surface area contributed by atoms with Gasteiger partial charge in [0.15, 0.2) is 5.96 Å². The molecule has 0 aromatic heterocycles. The smallest absolute Gasteiger partial charge is 0.220 e.